The van der Waals surface area contributed by atoms with Gasteiger partial charge in [0.25, 0.3) is 0 Å². The summed E-state index contributed by atoms with van der Waals surface area (Å²) in [5.74, 6) is -2.80. The van der Waals surface area contributed by atoms with E-state index < -0.39 is 29.1 Å². The smallest absolute Gasteiger partial charge is 0.135 e. The van der Waals surface area contributed by atoms with Crippen LogP contribution in [0.3, 0.4) is 0 Å². The molecule has 0 aliphatic carbocycles. The van der Waals surface area contributed by atoms with Crippen LogP contribution in [-0.2, 0) is 0 Å². The summed E-state index contributed by atoms with van der Waals surface area (Å²) in [5.41, 5.74) is -0.354. The standard InChI is InChI=1S/C14H10BrF3O2/c1-20-8-2-3-9(10(15)6-8)14(19)13-11(17)4-7(16)5-12(13)18/h2-6,14,19H,1H3. The Kier molecular flexibility index (Phi) is 4.35. The first-order valence-electron chi connectivity index (χ1n) is 5.60. The normalized spacial score (nSPS) is 12.3. The third kappa shape index (κ3) is 2.81. The monoisotopic (exact) mass is 346 g/mol. The fraction of sp³-hybridized carbons (Fsp3) is 0.143. The lowest BCUT2D eigenvalue weighted by molar-refractivity contribution is 0.207. The van der Waals surface area contributed by atoms with Crippen LogP contribution in [0.25, 0.3) is 0 Å². The van der Waals surface area contributed by atoms with Crippen LogP contribution in [0.1, 0.15) is 17.2 Å². The van der Waals surface area contributed by atoms with Crippen LogP contribution in [0.5, 0.6) is 5.75 Å². The maximum Gasteiger partial charge on any atom is 0.135 e. The van der Waals surface area contributed by atoms with Crippen LogP contribution >= 0.6 is 15.9 Å². The van der Waals surface area contributed by atoms with E-state index in [0.717, 1.165) is 0 Å². The lowest BCUT2D eigenvalue weighted by Crippen LogP contribution is -2.07. The maximum absolute atomic E-state index is 13.6. The Morgan fingerprint density at radius 2 is 1.70 bits per heavy atom. The third-order valence-corrected chi connectivity index (χ3v) is 3.51. The van der Waals surface area contributed by atoms with Gasteiger partial charge in [-0.05, 0) is 17.7 Å². The van der Waals surface area contributed by atoms with Gasteiger partial charge in [0, 0.05) is 16.6 Å². The summed E-state index contributed by atoms with van der Waals surface area (Å²) >= 11 is 3.19. The molecule has 0 aromatic heterocycles. The van der Waals surface area contributed by atoms with Crippen molar-refractivity contribution >= 4 is 15.9 Å². The van der Waals surface area contributed by atoms with Crippen molar-refractivity contribution in [3.8, 4) is 5.75 Å². The summed E-state index contributed by atoms with van der Waals surface area (Å²) in [4.78, 5) is 0. The Bertz CT molecular complexity index is 623. The molecule has 0 saturated heterocycles. The molecule has 0 heterocycles. The third-order valence-electron chi connectivity index (χ3n) is 2.82. The molecule has 0 spiro atoms. The van der Waals surface area contributed by atoms with Crippen molar-refractivity contribution in [2.75, 3.05) is 7.11 Å². The number of aliphatic hydroxyl groups excluding tert-OH is 1. The van der Waals surface area contributed by atoms with Crippen molar-refractivity contribution in [2.24, 2.45) is 0 Å². The van der Waals surface area contributed by atoms with Crippen LogP contribution in [-0.4, -0.2) is 12.2 Å². The highest BCUT2D eigenvalue weighted by atomic mass is 79.9. The first-order chi connectivity index (χ1) is 9.43. The van der Waals surface area contributed by atoms with E-state index in [1.807, 2.05) is 0 Å². The molecular weight excluding hydrogens is 337 g/mol. The van der Waals surface area contributed by atoms with Crippen molar-refractivity contribution in [3.63, 3.8) is 0 Å². The number of methoxy groups -OCH3 is 1. The number of hydrogen-bond donors (Lipinski definition) is 1. The first-order valence-corrected chi connectivity index (χ1v) is 6.39. The van der Waals surface area contributed by atoms with Crippen molar-refractivity contribution < 1.29 is 23.0 Å². The van der Waals surface area contributed by atoms with Crippen molar-refractivity contribution in [3.05, 3.63) is 63.4 Å². The molecule has 2 aromatic rings. The second-order valence-electron chi connectivity index (χ2n) is 4.07. The second-order valence-corrected chi connectivity index (χ2v) is 4.93. The van der Waals surface area contributed by atoms with Gasteiger partial charge in [0.2, 0.25) is 0 Å². The molecule has 1 N–H and O–H groups in total. The zero-order valence-electron chi connectivity index (χ0n) is 10.3. The number of halogens is 4. The molecule has 0 bridgehead atoms. The fourth-order valence-corrected chi connectivity index (χ4v) is 2.40. The van der Waals surface area contributed by atoms with E-state index in [1.54, 1.807) is 12.1 Å². The molecule has 0 saturated carbocycles. The summed E-state index contributed by atoms with van der Waals surface area (Å²) in [5, 5.41) is 10.1. The van der Waals surface area contributed by atoms with E-state index in [-0.39, 0.29) is 5.56 Å². The van der Waals surface area contributed by atoms with Gasteiger partial charge < -0.3 is 9.84 Å². The van der Waals surface area contributed by atoms with E-state index in [0.29, 0.717) is 22.4 Å². The zero-order chi connectivity index (χ0) is 14.9. The van der Waals surface area contributed by atoms with E-state index in [9.17, 15) is 18.3 Å². The molecule has 2 aromatic carbocycles. The SMILES string of the molecule is COc1ccc(C(O)c2c(F)cc(F)cc2F)c(Br)c1. The lowest BCUT2D eigenvalue weighted by Gasteiger charge is -2.15. The number of hydrogen-bond acceptors (Lipinski definition) is 2. The Labute approximate surface area is 121 Å². The minimum atomic E-state index is -1.56. The first kappa shape index (κ1) is 14.9. The molecule has 106 valence electrons. The van der Waals surface area contributed by atoms with Crippen LogP contribution in [0.15, 0.2) is 34.8 Å². The fourth-order valence-electron chi connectivity index (χ4n) is 1.83. The molecule has 2 rings (SSSR count). The number of ether oxygens (including phenoxy) is 1. The molecular formula is C14H10BrF3O2. The molecule has 0 aliphatic rings. The van der Waals surface area contributed by atoms with Gasteiger partial charge in [-0.2, -0.15) is 0 Å². The number of aliphatic hydroxyl groups is 1. The lowest BCUT2D eigenvalue weighted by atomic mass is 10.0. The predicted octanol–water partition coefficient (Wildman–Crippen LogP) is 3.96. The Hall–Kier alpha value is -1.53. The van der Waals surface area contributed by atoms with Crippen LogP contribution in [0, 0.1) is 17.5 Å². The average molecular weight is 347 g/mol. The molecule has 6 heteroatoms. The Balaban J connectivity index is 2.49. The Morgan fingerprint density at radius 1 is 1.10 bits per heavy atom. The maximum atomic E-state index is 13.6. The quantitative estimate of drug-likeness (QED) is 0.911. The molecule has 0 aliphatic heterocycles. The summed E-state index contributed by atoms with van der Waals surface area (Å²) in [6, 6.07) is 5.62. The summed E-state index contributed by atoms with van der Waals surface area (Å²) in [7, 11) is 1.47. The molecule has 0 amide bonds. The van der Waals surface area contributed by atoms with E-state index in [4.69, 9.17) is 4.74 Å². The largest absolute Gasteiger partial charge is 0.497 e. The highest BCUT2D eigenvalue weighted by molar-refractivity contribution is 9.10. The Morgan fingerprint density at radius 3 is 2.20 bits per heavy atom. The van der Waals surface area contributed by atoms with Crippen LogP contribution in [0.2, 0.25) is 0 Å². The molecule has 0 fully saturated rings. The molecule has 20 heavy (non-hydrogen) atoms. The van der Waals surface area contributed by atoms with Crippen molar-refractivity contribution in [1.29, 1.82) is 0 Å². The second kappa shape index (κ2) is 5.85. The van der Waals surface area contributed by atoms with Gasteiger partial charge in [-0.1, -0.05) is 22.0 Å². The van der Waals surface area contributed by atoms with Crippen molar-refractivity contribution in [2.45, 2.75) is 6.10 Å². The van der Waals surface area contributed by atoms with Gasteiger partial charge in [0.15, 0.2) is 0 Å². The minimum absolute atomic E-state index is 0.246. The summed E-state index contributed by atoms with van der Waals surface area (Å²) in [6.07, 6.45) is -1.56. The van der Waals surface area contributed by atoms with E-state index in [1.165, 1.54) is 13.2 Å². The van der Waals surface area contributed by atoms with Crippen LogP contribution < -0.4 is 4.74 Å². The highest BCUT2D eigenvalue weighted by Gasteiger charge is 2.23. The summed E-state index contributed by atoms with van der Waals surface area (Å²) in [6.45, 7) is 0. The van der Waals surface area contributed by atoms with E-state index in [2.05, 4.69) is 15.9 Å². The molecule has 1 atom stereocenters. The van der Waals surface area contributed by atoms with E-state index >= 15 is 0 Å². The van der Waals surface area contributed by atoms with Gasteiger partial charge >= 0.3 is 0 Å². The van der Waals surface area contributed by atoms with Gasteiger partial charge in [-0.25, -0.2) is 13.2 Å². The van der Waals surface area contributed by atoms with Crippen molar-refractivity contribution in [1.82, 2.24) is 0 Å². The van der Waals surface area contributed by atoms with Gasteiger partial charge in [-0.3, -0.25) is 0 Å². The number of benzene rings is 2. The minimum Gasteiger partial charge on any atom is -0.497 e. The van der Waals surface area contributed by atoms with Crippen LogP contribution in [0.4, 0.5) is 13.2 Å². The predicted molar refractivity (Wildman–Crippen MR) is 71.1 cm³/mol. The van der Waals surface area contributed by atoms with Gasteiger partial charge in [0.05, 0.1) is 12.7 Å². The molecule has 1 unspecified atom stereocenters. The average Bonchev–Trinajstić information content (AvgIpc) is 2.37. The topological polar surface area (TPSA) is 29.5 Å². The zero-order valence-corrected chi connectivity index (χ0v) is 11.9. The van der Waals surface area contributed by atoms with Gasteiger partial charge in [0.1, 0.15) is 29.3 Å². The number of rotatable bonds is 3. The highest BCUT2D eigenvalue weighted by Crippen LogP contribution is 2.33. The molecule has 0 radical (unpaired) electrons. The summed E-state index contributed by atoms with van der Waals surface area (Å²) < 4.78 is 45.6. The van der Waals surface area contributed by atoms with Gasteiger partial charge in [-0.15, -0.1) is 0 Å². The molecule has 2 nitrogen and oxygen atoms in total.